The Morgan fingerprint density at radius 2 is 1.40 bits per heavy atom. The molecule has 0 amide bonds. The van der Waals surface area contributed by atoms with Gasteiger partial charge in [-0.15, -0.1) is 0 Å². The summed E-state index contributed by atoms with van der Waals surface area (Å²) in [7, 11) is 0. The van der Waals surface area contributed by atoms with E-state index in [0.717, 1.165) is 24.3 Å². The van der Waals surface area contributed by atoms with Crippen molar-refractivity contribution in [3.05, 3.63) is 0 Å². The highest BCUT2D eigenvalue weighted by Crippen LogP contribution is 2.21. The van der Waals surface area contributed by atoms with Gasteiger partial charge in [-0.1, -0.05) is 41.5 Å². The second kappa shape index (κ2) is 5.89. The van der Waals surface area contributed by atoms with Gasteiger partial charge in [-0.05, 0) is 44.1 Å². The molecule has 0 aromatic rings. The molecule has 2 unspecified atom stereocenters. The molecule has 0 spiro atoms. The molecule has 0 fully saturated rings. The van der Waals surface area contributed by atoms with Crippen LogP contribution >= 0.6 is 0 Å². The Morgan fingerprint density at radius 3 is 1.73 bits per heavy atom. The van der Waals surface area contributed by atoms with Gasteiger partial charge < -0.3 is 5.32 Å². The fraction of sp³-hybridized carbons (Fsp3) is 1.00. The molecule has 0 aliphatic heterocycles. The van der Waals surface area contributed by atoms with Crippen LogP contribution < -0.4 is 5.32 Å². The van der Waals surface area contributed by atoms with Gasteiger partial charge in [-0.2, -0.15) is 0 Å². The van der Waals surface area contributed by atoms with Crippen molar-refractivity contribution in [2.45, 2.75) is 60.9 Å². The first-order valence-corrected chi connectivity index (χ1v) is 6.43. The van der Waals surface area contributed by atoms with Crippen LogP contribution in [0.4, 0.5) is 0 Å². The largest absolute Gasteiger partial charge is 0.311 e. The first-order valence-electron chi connectivity index (χ1n) is 6.43. The van der Waals surface area contributed by atoms with Crippen LogP contribution in [-0.2, 0) is 0 Å². The molecule has 2 atom stereocenters. The van der Waals surface area contributed by atoms with Crippen molar-refractivity contribution < 1.29 is 0 Å². The van der Waals surface area contributed by atoms with Crippen molar-refractivity contribution >= 4 is 0 Å². The Balaban J connectivity index is 4.05. The van der Waals surface area contributed by atoms with Crippen LogP contribution in [0.2, 0.25) is 0 Å². The highest BCUT2D eigenvalue weighted by Gasteiger charge is 2.23. The number of nitrogens with one attached hydrogen (secondary N) is 1. The van der Waals surface area contributed by atoms with Crippen LogP contribution in [0.1, 0.15) is 55.4 Å². The van der Waals surface area contributed by atoms with Crippen LogP contribution in [0.5, 0.6) is 0 Å². The van der Waals surface area contributed by atoms with Crippen molar-refractivity contribution in [1.29, 1.82) is 0 Å². The monoisotopic (exact) mass is 213 g/mol. The summed E-state index contributed by atoms with van der Waals surface area (Å²) < 4.78 is 0. The van der Waals surface area contributed by atoms with Gasteiger partial charge in [0, 0.05) is 5.54 Å². The summed E-state index contributed by atoms with van der Waals surface area (Å²) in [5, 5.41) is 3.69. The third-order valence-electron chi connectivity index (χ3n) is 4.27. The Bertz CT molecular complexity index is 170. The summed E-state index contributed by atoms with van der Waals surface area (Å²) in [6.45, 7) is 19.6. The SMILES string of the molecule is CC(C)C(C)C(C)CNC(C)(C)C(C)C. The van der Waals surface area contributed by atoms with Gasteiger partial charge in [0.15, 0.2) is 0 Å². The number of hydrogen-bond donors (Lipinski definition) is 1. The average molecular weight is 213 g/mol. The quantitative estimate of drug-likeness (QED) is 0.705. The van der Waals surface area contributed by atoms with Crippen molar-refractivity contribution in [3.8, 4) is 0 Å². The molecule has 15 heavy (non-hydrogen) atoms. The highest BCUT2D eigenvalue weighted by atomic mass is 15.0. The molecule has 0 saturated heterocycles. The van der Waals surface area contributed by atoms with Crippen LogP contribution in [-0.4, -0.2) is 12.1 Å². The molecule has 1 nitrogen and oxygen atoms in total. The maximum atomic E-state index is 3.69. The minimum atomic E-state index is 0.255. The molecule has 0 saturated carbocycles. The topological polar surface area (TPSA) is 12.0 Å². The van der Waals surface area contributed by atoms with Crippen molar-refractivity contribution in [2.75, 3.05) is 6.54 Å². The highest BCUT2D eigenvalue weighted by molar-refractivity contribution is 4.82. The van der Waals surface area contributed by atoms with Crippen LogP contribution in [0, 0.1) is 23.7 Å². The van der Waals surface area contributed by atoms with Crippen molar-refractivity contribution in [1.82, 2.24) is 5.32 Å². The third kappa shape index (κ3) is 5.01. The van der Waals surface area contributed by atoms with Crippen LogP contribution in [0.15, 0.2) is 0 Å². The van der Waals surface area contributed by atoms with E-state index in [2.05, 4.69) is 60.7 Å². The smallest absolute Gasteiger partial charge is 0.0148 e. The molecule has 0 aliphatic rings. The maximum Gasteiger partial charge on any atom is 0.0148 e. The van der Waals surface area contributed by atoms with E-state index >= 15 is 0 Å². The zero-order chi connectivity index (χ0) is 12.2. The molecule has 0 radical (unpaired) electrons. The zero-order valence-electron chi connectivity index (χ0n) is 12.0. The van der Waals surface area contributed by atoms with E-state index in [0.29, 0.717) is 5.92 Å². The molecular weight excluding hydrogens is 182 g/mol. The Hall–Kier alpha value is -0.0400. The van der Waals surface area contributed by atoms with E-state index < -0.39 is 0 Å². The fourth-order valence-corrected chi connectivity index (χ4v) is 1.47. The second-order valence-corrected chi connectivity index (χ2v) is 6.34. The average Bonchev–Trinajstić information content (AvgIpc) is 2.12. The lowest BCUT2D eigenvalue weighted by Crippen LogP contribution is -2.46. The van der Waals surface area contributed by atoms with Gasteiger partial charge in [-0.25, -0.2) is 0 Å². The molecule has 0 aliphatic carbocycles. The molecule has 1 N–H and O–H groups in total. The van der Waals surface area contributed by atoms with Crippen LogP contribution in [0.25, 0.3) is 0 Å². The first kappa shape index (κ1) is 15.0. The molecule has 92 valence electrons. The Morgan fingerprint density at radius 1 is 0.933 bits per heavy atom. The number of rotatable bonds is 6. The van der Waals surface area contributed by atoms with Gasteiger partial charge in [0.05, 0.1) is 0 Å². The Kier molecular flexibility index (Phi) is 5.87. The summed E-state index contributed by atoms with van der Waals surface area (Å²) in [5.41, 5.74) is 0.255. The van der Waals surface area contributed by atoms with E-state index in [1.165, 1.54) is 0 Å². The normalized spacial score (nSPS) is 17.2. The molecule has 0 rings (SSSR count). The standard InChI is InChI=1S/C14H31N/c1-10(2)13(6)12(5)9-15-14(7,8)11(3)4/h10-13,15H,9H2,1-8H3. The molecule has 1 heteroatoms. The lowest BCUT2D eigenvalue weighted by atomic mass is 9.84. The second-order valence-electron chi connectivity index (χ2n) is 6.34. The summed E-state index contributed by atoms with van der Waals surface area (Å²) in [5.74, 6) is 3.01. The van der Waals surface area contributed by atoms with Gasteiger partial charge in [0.1, 0.15) is 0 Å². The molecule has 0 aromatic heterocycles. The number of hydrogen-bond acceptors (Lipinski definition) is 1. The molecule has 0 aromatic carbocycles. The van der Waals surface area contributed by atoms with Gasteiger partial charge >= 0.3 is 0 Å². The van der Waals surface area contributed by atoms with E-state index in [1.807, 2.05) is 0 Å². The minimum Gasteiger partial charge on any atom is -0.311 e. The first-order chi connectivity index (χ1) is 6.68. The summed E-state index contributed by atoms with van der Waals surface area (Å²) in [4.78, 5) is 0. The van der Waals surface area contributed by atoms with Gasteiger partial charge in [0.25, 0.3) is 0 Å². The van der Waals surface area contributed by atoms with E-state index in [1.54, 1.807) is 0 Å². The lowest BCUT2D eigenvalue weighted by molar-refractivity contribution is 0.228. The summed E-state index contributed by atoms with van der Waals surface area (Å²) >= 11 is 0. The van der Waals surface area contributed by atoms with E-state index in [4.69, 9.17) is 0 Å². The van der Waals surface area contributed by atoms with Gasteiger partial charge in [0.2, 0.25) is 0 Å². The van der Waals surface area contributed by atoms with Gasteiger partial charge in [-0.3, -0.25) is 0 Å². The molecular formula is C14H31N. The summed E-state index contributed by atoms with van der Waals surface area (Å²) in [6.07, 6.45) is 0. The lowest BCUT2D eigenvalue weighted by Gasteiger charge is -2.34. The van der Waals surface area contributed by atoms with E-state index in [-0.39, 0.29) is 5.54 Å². The fourth-order valence-electron chi connectivity index (χ4n) is 1.47. The third-order valence-corrected chi connectivity index (χ3v) is 4.27. The predicted octanol–water partition coefficient (Wildman–Crippen LogP) is 3.94. The minimum absolute atomic E-state index is 0.255. The summed E-state index contributed by atoms with van der Waals surface area (Å²) in [6, 6.07) is 0. The van der Waals surface area contributed by atoms with E-state index in [9.17, 15) is 0 Å². The zero-order valence-corrected chi connectivity index (χ0v) is 12.0. The maximum absolute atomic E-state index is 3.69. The van der Waals surface area contributed by atoms with Crippen molar-refractivity contribution in [3.63, 3.8) is 0 Å². The predicted molar refractivity (Wildman–Crippen MR) is 70.1 cm³/mol. The Labute approximate surface area is 97.0 Å². The van der Waals surface area contributed by atoms with Crippen LogP contribution in [0.3, 0.4) is 0 Å². The van der Waals surface area contributed by atoms with Crippen molar-refractivity contribution in [2.24, 2.45) is 23.7 Å². The molecule has 0 bridgehead atoms. The molecule has 0 heterocycles.